The Hall–Kier alpha value is -0.0800. The molecule has 2 heteroatoms. The van der Waals surface area contributed by atoms with Gasteiger partial charge in [0, 0.05) is 19.1 Å². The van der Waals surface area contributed by atoms with Crippen molar-refractivity contribution in [2.75, 3.05) is 13.2 Å². The molecule has 1 fully saturated rings. The molecular weight excluding hydrogens is 212 g/mol. The molecule has 0 aromatic carbocycles. The van der Waals surface area contributed by atoms with E-state index in [4.69, 9.17) is 9.47 Å². The van der Waals surface area contributed by atoms with Gasteiger partial charge in [-0.3, -0.25) is 0 Å². The second-order valence-corrected chi connectivity index (χ2v) is 5.37. The van der Waals surface area contributed by atoms with Gasteiger partial charge < -0.3 is 9.47 Å². The summed E-state index contributed by atoms with van der Waals surface area (Å²) in [6, 6.07) is 0. The van der Waals surface area contributed by atoms with Crippen LogP contribution in [0, 0.1) is 11.8 Å². The summed E-state index contributed by atoms with van der Waals surface area (Å²) < 4.78 is 11.8. The molecule has 0 aliphatic heterocycles. The van der Waals surface area contributed by atoms with Crippen molar-refractivity contribution in [3.63, 3.8) is 0 Å². The van der Waals surface area contributed by atoms with Crippen molar-refractivity contribution in [1.29, 1.82) is 0 Å². The van der Waals surface area contributed by atoms with Gasteiger partial charge in [0.1, 0.15) is 0 Å². The minimum absolute atomic E-state index is 0.0259. The molecule has 1 aliphatic carbocycles. The Bertz CT molecular complexity index is 168. The zero-order valence-corrected chi connectivity index (χ0v) is 11.9. The second-order valence-electron chi connectivity index (χ2n) is 5.37. The summed E-state index contributed by atoms with van der Waals surface area (Å²) in [4.78, 5) is 0. The van der Waals surface area contributed by atoms with Crippen molar-refractivity contribution in [1.82, 2.24) is 0 Å². The topological polar surface area (TPSA) is 18.5 Å². The average Bonchev–Trinajstić information content (AvgIpc) is 2.39. The highest BCUT2D eigenvalue weighted by Gasteiger charge is 2.27. The van der Waals surface area contributed by atoms with Gasteiger partial charge in [0.05, 0.1) is 0 Å². The van der Waals surface area contributed by atoms with Gasteiger partial charge in [-0.05, 0) is 18.8 Å². The van der Waals surface area contributed by atoms with Gasteiger partial charge in [0.25, 0.3) is 0 Å². The van der Waals surface area contributed by atoms with Crippen LogP contribution in [0.2, 0.25) is 0 Å². The SMILES string of the molecule is CCCOC(OCCC)C(C)C1CCCCC1. The summed E-state index contributed by atoms with van der Waals surface area (Å²) in [7, 11) is 0. The third kappa shape index (κ3) is 5.39. The lowest BCUT2D eigenvalue weighted by Crippen LogP contribution is -2.32. The Morgan fingerprint density at radius 2 is 1.47 bits per heavy atom. The van der Waals surface area contributed by atoms with Crippen LogP contribution < -0.4 is 0 Å². The van der Waals surface area contributed by atoms with Crippen LogP contribution in [0.4, 0.5) is 0 Å². The zero-order valence-electron chi connectivity index (χ0n) is 11.9. The van der Waals surface area contributed by atoms with E-state index in [1.807, 2.05) is 0 Å². The molecule has 1 atom stereocenters. The minimum atomic E-state index is 0.0259. The van der Waals surface area contributed by atoms with Crippen molar-refractivity contribution >= 4 is 0 Å². The number of hydrogen-bond acceptors (Lipinski definition) is 2. The van der Waals surface area contributed by atoms with E-state index >= 15 is 0 Å². The first-order valence-corrected chi connectivity index (χ1v) is 7.52. The normalized spacial score (nSPS) is 19.8. The van der Waals surface area contributed by atoms with E-state index in [0.29, 0.717) is 5.92 Å². The molecule has 1 unspecified atom stereocenters. The van der Waals surface area contributed by atoms with Gasteiger partial charge in [-0.1, -0.05) is 52.9 Å². The molecule has 0 radical (unpaired) electrons. The van der Waals surface area contributed by atoms with E-state index in [1.54, 1.807) is 0 Å². The molecule has 0 N–H and O–H groups in total. The van der Waals surface area contributed by atoms with Crippen molar-refractivity contribution in [2.45, 2.75) is 72.0 Å². The average molecular weight is 242 g/mol. The zero-order chi connectivity index (χ0) is 12.5. The van der Waals surface area contributed by atoms with Crippen LogP contribution in [-0.2, 0) is 9.47 Å². The quantitative estimate of drug-likeness (QED) is 0.588. The van der Waals surface area contributed by atoms with Crippen molar-refractivity contribution in [3.05, 3.63) is 0 Å². The van der Waals surface area contributed by atoms with Crippen LogP contribution in [0.1, 0.15) is 65.7 Å². The molecule has 1 rings (SSSR count). The summed E-state index contributed by atoms with van der Waals surface area (Å²) in [5.74, 6) is 1.36. The fourth-order valence-electron chi connectivity index (χ4n) is 2.70. The van der Waals surface area contributed by atoms with Gasteiger partial charge in [-0.2, -0.15) is 0 Å². The van der Waals surface area contributed by atoms with Gasteiger partial charge >= 0.3 is 0 Å². The van der Waals surface area contributed by atoms with E-state index in [2.05, 4.69) is 20.8 Å². The third-order valence-electron chi connectivity index (χ3n) is 3.80. The molecule has 17 heavy (non-hydrogen) atoms. The van der Waals surface area contributed by atoms with Crippen molar-refractivity contribution in [3.8, 4) is 0 Å². The van der Waals surface area contributed by atoms with Gasteiger partial charge in [-0.15, -0.1) is 0 Å². The number of hydrogen-bond donors (Lipinski definition) is 0. The molecule has 0 heterocycles. The first-order chi connectivity index (χ1) is 8.29. The van der Waals surface area contributed by atoms with Crippen molar-refractivity contribution in [2.24, 2.45) is 11.8 Å². The summed E-state index contributed by atoms with van der Waals surface area (Å²) in [5, 5.41) is 0. The molecule has 0 amide bonds. The largest absolute Gasteiger partial charge is 0.352 e. The van der Waals surface area contributed by atoms with Crippen LogP contribution in [0.5, 0.6) is 0 Å². The lowest BCUT2D eigenvalue weighted by molar-refractivity contribution is -0.180. The predicted octanol–water partition coefficient (Wildman–Crippen LogP) is 4.38. The molecule has 102 valence electrons. The predicted molar refractivity (Wildman–Crippen MR) is 72.0 cm³/mol. The van der Waals surface area contributed by atoms with E-state index < -0.39 is 0 Å². The van der Waals surface area contributed by atoms with Gasteiger partial charge in [0.15, 0.2) is 6.29 Å². The summed E-state index contributed by atoms with van der Waals surface area (Å²) in [6.07, 6.45) is 9.10. The van der Waals surface area contributed by atoms with E-state index in [9.17, 15) is 0 Å². The second kappa shape index (κ2) is 8.93. The molecule has 1 aliphatic rings. The molecule has 0 bridgehead atoms. The Labute approximate surface area is 107 Å². The molecule has 0 saturated heterocycles. The van der Waals surface area contributed by atoms with E-state index in [1.165, 1.54) is 32.1 Å². The van der Waals surface area contributed by atoms with Crippen LogP contribution in [0.15, 0.2) is 0 Å². The molecule has 2 nitrogen and oxygen atoms in total. The van der Waals surface area contributed by atoms with Gasteiger partial charge in [0.2, 0.25) is 0 Å². The van der Waals surface area contributed by atoms with E-state index in [-0.39, 0.29) is 6.29 Å². The fraction of sp³-hybridized carbons (Fsp3) is 1.00. The highest BCUT2D eigenvalue weighted by molar-refractivity contribution is 4.73. The molecule has 0 aromatic heterocycles. The summed E-state index contributed by atoms with van der Waals surface area (Å²) in [5.41, 5.74) is 0. The molecule has 0 spiro atoms. The molecular formula is C15H30O2. The Balaban J connectivity index is 2.41. The lowest BCUT2D eigenvalue weighted by Gasteiger charge is -2.33. The first kappa shape index (κ1) is 15.0. The Morgan fingerprint density at radius 3 is 1.94 bits per heavy atom. The first-order valence-electron chi connectivity index (χ1n) is 7.52. The molecule has 0 aromatic rings. The summed E-state index contributed by atoms with van der Waals surface area (Å²) in [6.45, 7) is 8.27. The lowest BCUT2D eigenvalue weighted by atomic mass is 9.80. The molecule has 1 saturated carbocycles. The monoisotopic (exact) mass is 242 g/mol. The summed E-state index contributed by atoms with van der Waals surface area (Å²) >= 11 is 0. The maximum atomic E-state index is 5.89. The van der Waals surface area contributed by atoms with Gasteiger partial charge in [-0.25, -0.2) is 0 Å². The highest BCUT2D eigenvalue weighted by Crippen LogP contribution is 2.32. The smallest absolute Gasteiger partial charge is 0.160 e. The maximum absolute atomic E-state index is 5.89. The van der Waals surface area contributed by atoms with Crippen LogP contribution in [0.25, 0.3) is 0 Å². The van der Waals surface area contributed by atoms with Crippen LogP contribution in [0.3, 0.4) is 0 Å². The Kier molecular flexibility index (Phi) is 7.87. The number of ether oxygens (including phenoxy) is 2. The van der Waals surface area contributed by atoms with E-state index in [0.717, 1.165) is 32.0 Å². The number of rotatable bonds is 8. The fourth-order valence-corrected chi connectivity index (χ4v) is 2.70. The maximum Gasteiger partial charge on any atom is 0.160 e. The standard InChI is InChI=1S/C15H30O2/c1-4-11-16-15(17-12-5-2)13(3)14-9-7-6-8-10-14/h13-15H,4-12H2,1-3H3. The Morgan fingerprint density at radius 1 is 0.941 bits per heavy atom. The minimum Gasteiger partial charge on any atom is -0.352 e. The third-order valence-corrected chi connectivity index (χ3v) is 3.80. The highest BCUT2D eigenvalue weighted by atomic mass is 16.7. The van der Waals surface area contributed by atoms with Crippen LogP contribution in [-0.4, -0.2) is 19.5 Å². The van der Waals surface area contributed by atoms with Crippen LogP contribution >= 0.6 is 0 Å². The van der Waals surface area contributed by atoms with Crippen molar-refractivity contribution < 1.29 is 9.47 Å².